The number of hydrogen-bond acceptors (Lipinski definition) is 4. The van der Waals surface area contributed by atoms with Crippen LogP contribution in [0.15, 0.2) is 48.8 Å². The Morgan fingerprint density at radius 1 is 1.00 bits per heavy atom. The molecule has 2 aliphatic rings. The lowest BCUT2D eigenvalue weighted by Crippen LogP contribution is -2.61. The number of nitrogens with one attached hydrogen (secondary N) is 2. The molecular formula is C37H48N4OS. The molecule has 0 spiro atoms. The van der Waals surface area contributed by atoms with Crippen molar-refractivity contribution in [3.8, 4) is 11.3 Å². The predicted octanol–water partition coefficient (Wildman–Crippen LogP) is 8.13. The molecular weight excluding hydrogens is 549 g/mol. The van der Waals surface area contributed by atoms with Gasteiger partial charge in [-0.25, -0.2) is 0 Å². The number of pyridine rings is 1. The molecule has 6 rings (SSSR count). The fourth-order valence-electron chi connectivity index (χ4n) is 7.37. The number of unbranched alkanes of at least 4 members (excludes halogenated alkanes) is 1. The van der Waals surface area contributed by atoms with E-state index < -0.39 is 5.41 Å². The van der Waals surface area contributed by atoms with Crippen LogP contribution in [0.25, 0.3) is 21.5 Å². The zero-order valence-electron chi connectivity index (χ0n) is 26.5. The summed E-state index contributed by atoms with van der Waals surface area (Å²) in [4.78, 5) is 26.5. The van der Waals surface area contributed by atoms with Gasteiger partial charge < -0.3 is 15.2 Å². The molecule has 6 heteroatoms. The molecule has 1 aliphatic carbocycles. The minimum atomic E-state index is -0.522. The first-order chi connectivity index (χ1) is 20.8. The van der Waals surface area contributed by atoms with Gasteiger partial charge in [0.1, 0.15) is 4.83 Å². The van der Waals surface area contributed by atoms with E-state index in [0.717, 1.165) is 44.8 Å². The summed E-state index contributed by atoms with van der Waals surface area (Å²) in [6.45, 7) is 11.5. The van der Waals surface area contributed by atoms with E-state index in [0.29, 0.717) is 11.9 Å². The summed E-state index contributed by atoms with van der Waals surface area (Å²) in [5.74, 6) is 1.03. The third-order valence-electron chi connectivity index (χ3n) is 9.84. The van der Waals surface area contributed by atoms with Crippen LogP contribution in [0, 0.1) is 19.8 Å². The van der Waals surface area contributed by atoms with Crippen molar-refractivity contribution in [1.29, 1.82) is 0 Å². The normalized spacial score (nSPS) is 18.8. The molecule has 4 aromatic rings. The van der Waals surface area contributed by atoms with Crippen LogP contribution in [0.1, 0.15) is 85.9 Å². The Morgan fingerprint density at radius 2 is 1.77 bits per heavy atom. The van der Waals surface area contributed by atoms with Gasteiger partial charge >= 0.3 is 0 Å². The number of nitrogens with zero attached hydrogens (tertiary/aromatic N) is 2. The van der Waals surface area contributed by atoms with Gasteiger partial charge in [0.05, 0.1) is 11.1 Å². The lowest BCUT2D eigenvalue weighted by molar-refractivity contribution is -0.149. The number of carbonyl (C=O) groups excluding carboxylic acids is 1. The van der Waals surface area contributed by atoms with E-state index in [2.05, 4.69) is 84.3 Å². The lowest BCUT2D eigenvalue weighted by atomic mass is 9.80. The van der Waals surface area contributed by atoms with Gasteiger partial charge in [-0.3, -0.25) is 9.78 Å². The molecule has 2 N–H and O–H groups in total. The number of aromatic nitrogens is 2. The summed E-state index contributed by atoms with van der Waals surface area (Å²) in [5, 5.41) is 4.99. The number of benzene rings is 1. The minimum absolute atomic E-state index is 0.309. The van der Waals surface area contributed by atoms with Gasteiger partial charge in [0.15, 0.2) is 0 Å². The Labute approximate surface area is 261 Å². The predicted molar refractivity (Wildman–Crippen MR) is 180 cm³/mol. The topological polar surface area (TPSA) is 61.0 Å². The number of aryl methyl sites for hydroxylation is 3. The second-order valence-corrected chi connectivity index (χ2v) is 14.6. The van der Waals surface area contributed by atoms with E-state index in [1.54, 1.807) is 11.3 Å². The van der Waals surface area contributed by atoms with Crippen LogP contribution in [-0.2, 0) is 23.1 Å². The molecule has 0 bridgehead atoms. The van der Waals surface area contributed by atoms with Gasteiger partial charge in [0.25, 0.3) is 0 Å². The van der Waals surface area contributed by atoms with Crippen molar-refractivity contribution in [2.45, 2.75) is 96.9 Å². The van der Waals surface area contributed by atoms with Crippen LogP contribution < -0.4 is 5.32 Å². The van der Waals surface area contributed by atoms with Crippen LogP contribution in [0.3, 0.4) is 0 Å². The molecule has 2 atom stereocenters. The number of fused-ring (bicyclic) bond motifs is 2. The summed E-state index contributed by atoms with van der Waals surface area (Å²) >= 11 is 1.78. The monoisotopic (exact) mass is 596 g/mol. The maximum atomic E-state index is 14.0. The van der Waals surface area contributed by atoms with Crippen molar-refractivity contribution < 1.29 is 4.79 Å². The van der Waals surface area contributed by atoms with Crippen molar-refractivity contribution >= 4 is 27.5 Å². The molecule has 5 nitrogen and oxygen atoms in total. The van der Waals surface area contributed by atoms with E-state index in [1.165, 1.54) is 87.1 Å². The molecule has 2 fully saturated rings. The van der Waals surface area contributed by atoms with Gasteiger partial charge in [-0.1, -0.05) is 36.5 Å². The van der Waals surface area contributed by atoms with E-state index in [9.17, 15) is 4.79 Å². The number of carbonyl (C=O) groups is 1. The highest BCUT2D eigenvalue weighted by Gasteiger charge is 2.47. The number of amides is 1. The molecule has 0 radical (unpaired) electrons. The smallest absolute Gasteiger partial charge is 0.233 e. The fourth-order valence-corrected chi connectivity index (χ4v) is 8.55. The zero-order chi connectivity index (χ0) is 30.0. The molecule has 1 amide bonds. The molecule has 3 aromatic heterocycles. The Morgan fingerprint density at radius 3 is 2.56 bits per heavy atom. The molecule has 1 aromatic carbocycles. The standard InChI is InChI=1S/C37H48N4OS/c1-25-20-26(2)22-29(21-25)34-30(15-19-38-16-9-8-10-27-13-17-39-18-14-27)31-23-33(43-35(31)40-34)37(3,4)36(42)41-24-28-11-6-5-7-12-32(28)41/h13-14,17-18,20-23,28,32,38,40H,5-12,15-16,19,24H2,1-4H3. The number of rotatable bonds is 11. The number of likely N-dealkylation sites (tertiary alicyclic amines) is 1. The van der Waals surface area contributed by atoms with Crippen molar-refractivity contribution in [2.75, 3.05) is 19.6 Å². The summed E-state index contributed by atoms with van der Waals surface area (Å²) < 4.78 is 0. The highest BCUT2D eigenvalue weighted by Crippen LogP contribution is 2.44. The van der Waals surface area contributed by atoms with Gasteiger partial charge in [0.2, 0.25) is 5.91 Å². The molecule has 228 valence electrons. The summed E-state index contributed by atoms with van der Waals surface area (Å²) in [5.41, 5.74) is 7.25. The summed E-state index contributed by atoms with van der Waals surface area (Å²) in [6.07, 6.45) is 14.5. The minimum Gasteiger partial charge on any atom is -0.346 e. The second kappa shape index (κ2) is 13.0. The second-order valence-electron chi connectivity index (χ2n) is 13.6. The Balaban J connectivity index is 1.18. The first kappa shape index (κ1) is 30.1. The average Bonchev–Trinajstić information content (AvgIpc) is 3.49. The Bertz CT molecular complexity index is 1530. The fraction of sp³-hybridized carbons (Fsp3) is 0.514. The average molecular weight is 597 g/mol. The molecule has 4 heterocycles. The van der Waals surface area contributed by atoms with Crippen molar-refractivity contribution in [3.63, 3.8) is 0 Å². The summed E-state index contributed by atoms with van der Waals surface area (Å²) in [7, 11) is 0. The van der Waals surface area contributed by atoms with Crippen LogP contribution in [-0.4, -0.2) is 46.5 Å². The first-order valence-corrected chi connectivity index (χ1v) is 17.3. The SMILES string of the molecule is Cc1cc(C)cc(-c2[nH]c3sc(C(C)(C)C(=O)N4CC5CCCCCC54)cc3c2CCNCCCCc2ccncc2)c1. The Kier molecular flexibility index (Phi) is 9.06. The van der Waals surface area contributed by atoms with E-state index in [1.807, 2.05) is 12.4 Å². The van der Waals surface area contributed by atoms with E-state index >= 15 is 0 Å². The first-order valence-electron chi connectivity index (χ1n) is 16.5. The maximum Gasteiger partial charge on any atom is 0.233 e. The molecule has 2 unspecified atom stereocenters. The number of H-pyrrole nitrogens is 1. The largest absolute Gasteiger partial charge is 0.346 e. The van der Waals surface area contributed by atoms with Crippen molar-refractivity contribution in [2.24, 2.45) is 5.92 Å². The van der Waals surface area contributed by atoms with Crippen LogP contribution >= 0.6 is 11.3 Å². The number of hydrogen-bond donors (Lipinski definition) is 2. The molecule has 1 saturated carbocycles. The maximum absolute atomic E-state index is 14.0. The lowest BCUT2D eigenvalue weighted by Gasteiger charge is -2.50. The molecule has 1 saturated heterocycles. The van der Waals surface area contributed by atoms with Crippen LogP contribution in [0.2, 0.25) is 0 Å². The van der Waals surface area contributed by atoms with Gasteiger partial charge in [0, 0.05) is 35.2 Å². The third kappa shape index (κ3) is 6.46. The highest BCUT2D eigenvalue weighted by atomic mass is 32.1. The van der Waals surface area contributed by atoms with Crippen molar-refractivity contribution in [3.05, 3.63) is 75.9 Å². The van der Waals surface area contributed by atoms with Crippen molar-refractivity contribution in [1.82, 2.24) is 20.2 Å². The molecule has 1 aliphatic heterocycles. The van der Waals surface area contributed by atoms with E-state index in [4.69, 9.17) is 0 Å². The number of thiophene rings is 1. The zero-order valence-corrected chi connectivity index (χ0v) is 27.3. The molecule has 43 heavy (non-hydrogen) atoms. The highest BCUT2D eigenvalue weighted by molar-refractivity contribution is 7.19. The quantitative estimate of drug-likeness (QED) is 0.172. The third-order valence-corrected chi connectivity index (χ3v) is 11.2. The van der Waals surface area contributed by atoms with Crippen LogP contribution in [0.5, 0.6) is 0 Å². The van der Waals surface area contributed by atoms with Gasteiger partial charge in [-0.15, -0.1) is 11.3 Å². The van der Waals surface area contributed by atoms with Gasteiger partial charge in [-0.2, -0.15) is 0 Å². The van der Waals surface area contributed by atoms with Crippen LogP contribution in [0.4, 0.5) is 0 Å². The summed E-state index contributed by atoms with van der Waals surface area (Å²) in [6, 6.07) is 13.8. The number of aromatic amines is 1. The van der Waals surface area contributed by atoms with Gasteiger partial charge in [-0.05, 0) is 132 Å². The van der Waals surface area contributed by atoms with E-state index in [-0.39, 0.29) is 0 Å². The Hall–Kier alpha value is -2.96.